The van der Waals surface area contributed by atoms with Crippen LogP contribution in [0.1, 0.15) is 51.4 Å². The molecular weight excluding hydrogens is 540 g/mol. The quantitative estimate of drug-likeness (QED) is 0.200. The zero-order valence-electron chi connectivity index (χ0n) is 23.0. The number of fused-ring (bicyclic) bond motifs is 2. The molecule has 0 bridgehead atoms. The molecule has 0 aliphatic carbocycles. The molecule has 0 saturated carbocycles. The molecule has 0 spiro atoms. The van der Waals surface area contributed by atoms with E-state index in [1.54, 1.807) is 48.8 Å². The van der Waals surface area contributed by atoms with Gasteiger partial charge in [0.05, 0.1) is 17.1 Å². The number of rotatable bonds is 7. The number of benzene rings is 3. The number of Topliss-reactive ketones (excluding diaryl/α,β-unsaturated/α-hetero) is 1. The average Bonchev–Trinajstić information content (AvgIpc) is 3.61. The highest BCUT2D eigenvalue weighted by molar-refractivity contribution is 6.12. The monoisotopic (exact) mass is 565 g/mol. The molecule has 3 heterocycles. The fourth-order valence-corrected chi connectivity index (χ4v) is 5.08. The number of hydrogen-bond donors (Lipinski definition) is 1. The third-order valence-corrected chi connectivity index (χ3v) is 7.32. The van der Waals surface area contributed by atoms with Gasteiger partial charge in [-0.15, -0.1) is 0 Å². The number of ketones is 1. The molecule has 9 heteroatoms. The number of furan rings is 1. The van der Waals surface area contributed by atoms with E-state index in [2.05, 4.69) is 15.3 Å². The molecule has 1 atom stereocenters. The van der Waals surface area contributed by atoms with Gasteiger partial charge in [0, 0.05) is 48.3 Å². The highest BCUT2D eigenvalue weighted by Gasteiger charge is 2.27. The number of amides is 1. The molecule has 210 valence electrons. The first-order chi connectivity index (χ1) is 20.2. The first kappa shape index (κ1) is 27.0. The van der Waals surface area contributed by atoms with E-state index in [9.17, 15) is 14.0 Å². The first-order valence-electron chi connectivity index (χ1n) is 13.3. The largest absolute Gasteiger partial charge is 0.455 e. The molecule has 1 amide bonds. The highest BCUT2D eigenvalue weighted by Crippen LogP contribution is 2.39. The van der Waals surface area contributed by atoms with E-state index >= 15 is 4.39 Å². The SMILES string of the molecule is CNC(=O)c1c(-c2ccc(F)cc2)oc2ccc(-c3cc(C(=O)C[C@H](C)c4nc5cnccc5o4)ccc3C)c(F)c12. The van der Waals surface area contributed by atoms with Gasteiger partial charge in [-0.2, -0.15) is 0 Å². The number of aromatic nitrogens is 2. The predicted molar refractivity (Wildman–Crippen MR) is 154 cm³/mol. The molecule has 0 aliphatic rings. The van der Waals surface area contributed by atoms with Gasteiger partial charge in [-0.25, -0.2) is 13.8 Å². The summed E-state index contributed by atoms with van der Waals surface area (Å²) in [6.07, 6.45) is 3.35. The van der Waals surface area contributed by atoms with E-state index in [1.165, 1.54) is 31.3 Å². The predicted octanol–water partition coefficient (Wildman–Crippen LogP) is 7.63. The van der Waals surface area contributed by atoms with Crippen molar-refractivity contribution in [3.05, 3.63) is 107 Å². The fourth-order valence-electron chi connectivity index (χ4n) is 5.08. The van der Waals surface area contributed by atoms with Gasteiger partial charge in [0.25, 0.3) is 5.91 Å². The van der Waals surface area contributed by atoms with Crippen molar-refractivity contribution in [2.24, 2.45) is 0 Å². The Balaban J connectivity index is 1.38. The molecule has 42 heavy (non-hydrogen) atoms. The summed E-state index contributed by atoms with van der Waals surface area (Å²) < 4.78 is 41.6. The third kappa shape index (κ3) is 4.72. The molecule has 1 N–H and O–H groups in total. The third-order valence-electron chi connectivity index (χ3n) is 7.32. The lowest BCUT2D eigenvalue weighted by atomic mass is 9.92. The Labute approximate surface area is 239 Å². The van der Waals surface area contributed by atoms with Crippen molar-refractivity contribution in [1.82, 2.24) is 15.3 Å². The minimum absolute atomic E-state index is 0.00127. The molecule has 6 aromatic rings. The number of nitrogens with zero attached hydrogens (tertiary/aromatic N) is 2. The van der Waals surface area contributed by atoms with Crippen LogP contribution in [-0.4, -0.2) is 28.7 Å². The Bertz CT molecular complexity index is 1960. The van der Waals surface area contributed by atoms with Crippen molar-refractivity contribution in [1.29, 1.82) is 0 Å². The van der Waals surface area contributed by atoms with Crippen molar-refractivity contribution in [3.8, 4) is 22.5 Å². The Kier molecular flexibility index (Phi) is 6.86. The van der Waals surface area contributed by atoms with Gasteiger partial charge in [-0.1, -0.05) is 19.1 Å². The lowest BCUT2D eigenvalue weighted by Gasteiger charge is -2.12. The van der Waals surface area contributed by atoms with E-state index in [0.717, 1.165) is 5.56 Å². The van der Waals surface area contributed by atoms with Crippen molar-refractivity contribution in [3.63, 3.8) is 0 Å². The van der Waals surface area contributed by atoms with Gasteiger partial charge in [0.2, 0.25) is 0 Å². The Morgan fingerprint density at radius 3 is 2.48 bits per heavy atom. The minimum atomic E-state index is -0.663. The second-order valence-electron chi connectivity index (χ2n) is 10.1. The maximum atomic E-state index is 16.3. The molecule has 3 aromatic heterocycles. The van der Waals surface area contributed by atoms with Crippen LogP contribution >= 0.6 is 0 Å². The summed E-state index contributed by atoms with van der Waals surface area (Å²) in [5.41, 5.74) is 3.69. The van der Waals surface area contributed by atoms with Crippen LogP contribution < -0.4 is 5.32 Å². The molecular formula is C33H25F2N3O4. The summed E-state index contributed by atoms with van der Waals surface area (Å²) in [4.78, 5) is 34.8. The number of oxazole rings is 1. The first-order valence-corrected chi connectivity index (χ1v) is 13.3. The fraction of sp³-hybridized carbons (Fsp3) is 0.152. The second-order valence-corrected chi connectivity index (χ2v) is 10.1. The molecule has 0 radical (unpaired) electrons. The van der Waals surface area contributed by atoms with Crippen LogP contribution in [-0.2, 0) is 0 Å². The summed E-state index contributed by atoms with van der Waals surface area (Å²) in [6.45, 7) is 3.68. The average molecular weight is 566 g/mol. The highest BCUT2D eigenvalue weighted by atomic mass is 19.1. The van der Waals surface area contributed by atoms with Crippen molar-refractivity contribution < 1.29 is 27.2 Å². The molecule has 0 unspecified atom stereocenters. The second kappa shape index (κ2) is 10.7. The number of carbonyl (C=O) groups excluding carboxylic acids is 2. The van der Waals surface area contributed by atoms with E-state index in [1.807, 2.05) is 13.8 Å². The van der Waals surface area contributed by atoms with Crippen molar-refractivity contribution >= 4 is 33.8 Å². The van der Waals surface area contributed by atoms with Gasteiger partial charge in [-0.3, -0.25) is 14.6 Å². The molecule has 3 aromatic carbocycles. The molecule has 6 rings (SSSR count). The number of carbonyl (C=O) groups is 2. The zero-order valence-corrected chi connectivity index (χ0v) is 23.0. The van der Waals surface area contributed by atoms with Crippen LogP contribution in [0.5, 0.6) is 0 Å². The van der Waals surface area contributed by atoms with Gasteiger partial charge in [0.15, 0.2) is 17.3 Å². The summed E-state index contributed by atoms with van der Waals surface area (Å²) in [5, 5.41) is 2.54. The Hall–Kier alpha value is -5.18. The normalized spacial score (nSPS) is 12.1. The maximum absolute atomic E-state index is 16.3. The topological polar surface area (TPSA) is 98.2 Å². The van der Waals surface area contributed by atoms with Gasteiger partial charge < -0.3 is 14.2 Å². The Morgan fingerprint density at radius 1 is 0.952 bits per heavy atom. The van der Waals surface area contributed by atoms with Gasteiger partial charge in [-0.05, 0) is 60.5 Å². The van der Waals surface area contributed by atoms with Crippen molar-refractivity contribution in [2.45, 2.75) is 26.2 Å². The lowest BCUT2D eigenvalue weighted by molar-refractivity contribution is 0.0959. The minimum Gasteiger partial charge on any atom is -0.455 e. The van der Waals surface area contributed by atoms with Crippen LogP contribution in [0.4, 0.5) is 8.78 Å². The Morgan fingerprint density at radius 2 is 1.74 bits per heavy atom. The zero-order chi connectivity index (χ0) is 29.5. The molecule has 0 saturated heterocycles. The van der Waals surface area contributed by atoms with Gasteiger partial charge >= 0.3 is 0 Å². The smallest absolute Gasteiger partial charge is 0.255 e. The summed E-state index contributed by atoms with van der Waals surface area (Å²) >= 11 is 0. The van der Waals surface area contributed by atoms with Crippen LogP contribution in [0.3, 0.4) is 0 Å². The maximum Gasteiger partial charge on any atom is 0.255 e. The number of aryl methyl sites for hydroxylation is 1. The number of nitrogens with one attached hydrogen (secondary N) is 1. The van der Waals surface area contributed by atoms with E-state index < -0.39 is 17.5 Å². The van der Waals surface area contributed by atoms with E-state index in [4.69, 9.17) is 8.83 Å². The summed E-state index contributed by atoms with van der Waals surface area (Å²) in [5.74, 6) is -1.54. The van der Waals surface area contributed by atoms with E-state index in [-0.39, 0.29) is 46.0 Å². The van der Waals surface area contributed by atoms with Crippen LogP contribution in [0.2, 0.25) is 0 Å². The molecule has 0 fully saturated rings. The van der Waals surface area contributed by atoms with Crippen LogP contribution in [0.15, 0.2) is 81.9 Å². The van der Waals surface area contributed by atoms with Gasteiger partial charge in [0.1, 0.15) is 28.5 Å². The number of hydrogen-bond acceptors (Lipinski definition) is 6. The number of pyridine rings is 1. The van der Waals surface area contributed by atoms with E-state index in [0.29, 0.717) is 33.7 Å². The van der Waals surface area contributed by atoms with Crippen LogP contribution in [0.25, 0.3) is 44.5 Å². The number of halogens is 2. The summed E-state index contributed by atoms with van der Waals surface area (Å²) in [6, 6.07) is 15.4. The summed E-state index contributed by atoms with van der Waals surface area (Å²) in [7, 11) is 1.44. The molecule has 0 aliphatic heterocycles. The van der Waals surface area contributed by atoms with Crippen LogP contribution in [0, 0.1) is 18.6 Å². The van der Waals surface area contributed by atoms with Crippen molar-refractivity contribution in [2.75, 3.05) is 7.05 Å². The lowest BCUT2D eigenvalue weighted by Crippen LogP contribution is -2.18. The standard InChI is InChI=1S/C33H25F2N3O4/c1-17-4-5-20(25(39)14-18(2)33-38-24-16-37-13-12-26(24)42-33)15-23(17)22-10-11-27-28(30(22)35)29(32(40)36-3)31(41-27)19-6-8-21(34)9-7-19/h4-13,15-16,18H,14H2,1-3H3,(H,36,40)/t18-/m0/s1. The molecule has 7 nitrogen and oxygen atoms in total.